The van der Waals surface area contributed by atoms with Crippen LogP contribution in [0.15, 0.2) is 18.2 Å². The maximum absolute atomic E-state index is 11.4. The molecule has 18 heavy (non-hydrogen) atoms. The van der Waals surface area contributed by atoms with Crippen molar-refractivity contribution in [3.05, 3.63) is 28.8 Å². The lowest BCUT2D eigenvalue weighted by Gasteiger charge is -2.35. The number of hydrogen-bond donors (Lipinski definition) is 2. The van der Waals surface area contributed by atoms with Crippen molar-refractivity contribution in [3.63, 3.8) is 0 Å². The number of morpholine rings is 1. The zero-order valence-electron chi connectivity index (χ0n) is 9.80. The topological polar surface area (TPSA) is 75.8 Å². The molecule has 0 aliphatic carbocycles. The minimum atomic E-state index is -0.477. The van der Waals surface area contributed by atoms with Gasteiger partial charge in [-0.2, -0.15) is 0 Å². The average molecular weight is 271 g/mol. The molecule has 98 valence electrons. The van der Waals surface area contributed by atoms with E-state index in [1.807, 2.05) is 11.0 Å². The molecule has 6 heteroatoms. The zero-order chi connectivity index (χ0) is 13.1. The van der Waals surface area contributed by atoms with E-state index in [-0.39, 0.29) is 13.2 Å². The second kappa shape index (κ2) is 5.56. The standard InChI is InChI=1S/C12H15ClN2O3/c13-10-5-9(2-1-8(10)6-16)15-3-4-18-7-11(15)12(14)17/h1-2,5,11,16H,3-4,6-7H2,(H2,14,17). The maximum Gasteiger partial charge on any atom is 0.242 e. The lowest BCUT2D eigenvalue weighted by molar-refractivity contribution is -0.121. The highest BCUT2D eigenvalue weighted by atomic mass is 35.5. The van der Waals surface area contributed by atoms with Gasteiger partial charge in [-0.05, 0) is 17.7 Å². The van der Waals surface area contributed by atoms with Gasteiger partial charge >= 0.3 is 0 Å². The summed E-state index contributed by atoms with van der Waals surface area (Å²) in [4.78, 5) is 13.2. The monoisotopic (exact) mass is 270 g/mol. The van der Waals surface area contributed by atoms with Crippen molar-refractivity contribution in [2.75, 3.05) is 24.7 Å². The molecule has 0 bridgehead atoms. The van der Waals surface area contributed by atoms with Gasteiger partial charge in [-0.3, -0.25) is 4.79 Å². The molecule has 0 radical (unpaired) electrons. The quantitative estimate of drug-likeness (QED) is 0.840. The molecule has 1 aliphatic rings. The van der Waals surface area contributed by atoms with Crippen molar-refractivity contribution in [1.82, 2.24) is 0 Å². The number of rotatable bonds is 3. The van der Waals surface area contributed by atoms with E-state index in [4.69, 9.17) is 27.2 Å². The molecule has 1 atom stereocenters. The second-order valence-corrected chi connectivity index (χ2v) is 4.53. The average Bonchev–Trinajstić information content (AvgIpc) is 2.38. The molecule has 1 aromatic carbocycles. The third-order valence-corrected chi connectivity index (χ3v) is 3.35. The molecule has 0 aromatic heterocycles. The number of anilines is 1. The smallest absolute Gasteiger partial charge is 0.242 e. The Labute approximate surface area is 110 Å². The summed E-state index contributed by atoms with van der Waals surface area (Å²) >= 11 is 6.04. The van der Waals surface area contributed by atoms with Crippen molar-refractivity contribution >= 4 is 23.2 Å². The zero-order valence-corrected chi connectivity index (χ0v) is 10.6. The molecular formula is C12H15ClN2O3. The number of ether oxygens (including phenoxy) is 1. The molecule has 1 aliphatic heterocycles. The largest absolute Gasteiger partial charge is 0.392 e. The fourth-order valence-corrected chi connectivity index (χ4v) is 2.23. The van der Waals surface area contributed by atoms with Crippen LogP contribution in [-0.4, -0.2) is 36.8 Å². The van der Waals surface area contributed by atoms with E-state index in [1.54, 1.807) is 12.1 Å². The second-order valence-electron chi connectivity index (χ2n) is 4.12. The van der Waals surface area contributed by atoms with Crippen LogP contribution in [-0.2, 0) is 16.1 Å². The minimum absolute atomic E-state index is 0.110. The number of amides is 1. The number of halogens is 1. The molecule has 5 nitrogen and oxygen atoms in total. The highest BCUT2D eigenvalue weighted by molar-refractivity contribution is 6.31. The van der Waals surface area contributed by atoms with Crippen molar-refractivity contribution in [1.29, 1.82) is 0 Å². The first-order valence-corrected chi connectivity index (χ1v) is 6.04. The fourth-order valence-electron chi connectivity index (χ4n) is 1.99. The number of carbonyl (C=O) groups is 1. The van der Waals surface area contributed by atoms with E-state index >= 15 is 0 Å². The SMILES string of the molecule is NC(=O)C1COCCN1c1ccc(CO)c(Cl)c1. The van der Waals surface area contributed by atoms with E-state index in [1.165, 1.54) is 0 Å². The minimum Gasteiger partial charge on any atom is -0.392 e. The van der Waals surface area contributed by atoms with Gasteiger partial charge in [-0.25, -0.2) is 0 Å². The van der Waals surface area contributed by atoms with Crippen LogP contribution in [0, 0.1) is 0 Å². The summed E-state index contributed by atoms with van der Waals surface area (Å²) < 4.78 is 5.25. The van der Waals surface area contributed by atoms with Crippen LogP contribution in [0.1, 0.15) is 5.56 Å². The number of aliphatic hydroxyl groups is 1. The molecule has 3 N–H and O–H groups in total. The predicted molar refractivity (Wildman–Crippen MR) is 68.5 cm³/mol. The molecule has 1 aromatic rings. The van der Waals surface area contributed by atoms with Crippen LogP contribution in [0.5, 0.6) is 0 Å². The molecule has 0 spiro atoms. The first-order valence-electron chi connectivity index (χ1n) is 5.66. The number of hydrogen-bond acceptors (Lipinski definition) is 4. The summed E-state index contributed by atoms with van der Waals surface area (Å²) in [5, 5.41) is 9.54. The molecule has 1 saturated heterocycles. The molecule has 2 rings (SSSR count). The van der Waals surface area contributed by atoms with Crippen molar-refractivity contribution in [2.24, 2.45) is 5.73 Å². The van der Waals surface area contributed by atoms with Gasteiger partial charge in [0.05, 0.1) is 19.8 Å². The van der Waals surface area contributed by atoms with Crippen LogP contribution in [0.4, 0.5) is 5.69 Å². The van der Waals surface area contributed by atoms with Crippen LogP contribution in [0.3, 0.4) is 0 Å². The molecule has 1 unspecified atom stereocenters. The van der Waals surface area contributed by atoms with Crippen molar-refractivity contribution in [2.45, 2.75) is 12.6 Å². The third kappa shape index (κ3) is 2.58. The number of nitrogens with two attached hydrogens (primary N) is 1. The molecule has 1 amide bonds. The predicted octanol–water partition coefficient (Wildman–Crippen LogP) is 0.523. The van der Waals surface area contributed by atoms with Crippen molar-refractivity contribution < 1.29 is 14.6 Å². The highest BCUT2D eigenvalue weighted by Gasteiger charge is 2.28. The van der Waals surface area contributed by atoms with Crippen LogP contribution in [0.2, 0.25) is 5.02 Å². The van der Waals surface area contributed by atoms with Crippen LogP contribution >= 0.6 is 11.6 Å². The number of nitrogens with zero attached hydrogens (tertiary/aromatic N) is 1. The Morgan fingerprint density at radius 1 is 1.61 bits per heavy atom. The molecular weight excluding hydrogens is 256 g/mol. The molecule has 1 heterocycles. The van der Waals surface area contributed by atoms with E-state index in [9.17, 15) is 4.79 Å². The van der Waals surface area contributed by atoms with E-state index in [0.29, 0.717) is 23.7 Å². The van der Waals surface area contributed by atoms with E-state index in [2.05, 4.69) is 0 Å². The Hall–Kier alpha value is -1.30. The number of aliphatic hydroxyl groups excluding tert-OH is 1. The van der Waals surface area contributed by atoms with Crippen LogP contribution in [0.25, 0.3) is 0 Å². The number of benzene rings is 1. The third-order valence-electron chi connectivity index (χ3n) is 3.00. The Balaban J connectivity index is 2.28. The number of primary amides is 1. The first kappa shape index (κ1) is 13.1. The summed E-state index contributed by atoms with van der Waals surface area (Å²) in [6.07, 6.45) is 0. The Kier molecular flexibility index (Phi) is 4.06. The van der Waals surface area contributed by atoms with Crippen LogP contribution < -0.4 is 10.6 Å². The van der Waals surface area contributed by atoms with Gasteiger partial charge in [-0.1, -0.05) is 17.7 Å². The lowest BCUT2D eigenvalue weighted by atomic mass is 10.1. The Morgan fingerprint density at radius 2 is 2.39 bits per heavy atom. The Bertz CT molecular complexity index is 453. The van der Waals surface area contributed by atoms with Gasteiger partial charge in [0.1, 0.15) is 6.04 Å². The van der Waals surface area contributed by atoms with Gasteiger partial charge in [0.2, 0.25) is 5.91 Å². The van der Waals surface area contributed by atoms with Crippen molar-refractivity contribution in [3.8, 4) is 0 Å². The first-order chi connectivity index (χ1) is 8.63. The van der Waals surface area contributed by atoms with Gasteiger partial charge in [0, 0.05) is 17.3 Å². The lowest BCUT2D eigenvalue weighted by Crippen LogP contribution is -2.52. The Morgan fingerprint density at radius 3 is 3.00 bits per heavy atom. The summed E-state index contributed by atoms with van der Waals surface area (Å²) in [6, 6.07) is 4.81. The maximum atomic E-state index is 11.4. The summed E-state index contributed by atoms with van der Waals surface area (Å²) in [6.45, 7) is 1.31. The summed E-state index contributed by atoms with van der Waals surface area (Å²) in [5.74, 6) is -0.419. The normalized spacial score (nSPS) is 19.9. The van der Waals surface area contributed by atoms with Gasteiger partial charge in [0.25, 0.3) is 0 Å². The molecule has 0 saturated carbocycles. The molecule has 1 fully saturated rings. The van der Waals surface area contributed by atoms with E-state index in [0.717, 1.165) is 5.69 Å². The summed E-state index contributed by atoms with van der Waals surface area (Å²) in [7, 11) is 0. The summed E-state index contributed by atoms with van der Waals surface area (Å²) in [5.41, 5.74) is 6.82. The highest BCUT2D eigenvalue weighted by Crippen LogP contribution is 2.26. The number of carbonyl (C=O) groups excluding carboxylic acids is 1. The van der Waals surface area contributed by atoms with E-state index < -0.39 is 11.9 Å². The van der Waals surface area contributed by atoms with Gasteiger partial charge in [0.15, 0.2) is 0 Å². The van der Waals surface area contributed by atoms with Gasteiger partial charge < -0.3 is 20.5 Å². The fraction of sp³-hybridized carbons (Fsp3) is 0.417. The van der Waals surface area contributed by atoms with Gasteiger partial charge in [-0.15, -0.1) is 0 Å².